The summed E-state index contributed by atoms with van der Waals surface area (Å²) >= 11 is 0. The number of amides is 1. The number of rotatable bonds is 4. The van der Waals surface area contributed by atoms with E-state index in [4.69, 9.17) is 0 Å². The van der Waals surface area contributed by atoms with Gasteiger partial charge in [-0.3, -0.25) is 14.9 Å². The Balaban J connectivity index is 2.15. The average Bonchev–Trinajstić information content (AvgIpc) is 2.53. The Hall–Kier alpha value is -2.32. The van der Waals surface area contributed by atoms with Crippen LogP contribution in [-0.4, -0.2) is 41.9 Å². The first-order chi connectivity index (χ1) is 11.6. The number of hydrogen-bond donors (Lipinski definition) is 0. The molecule has 1 aromatic rings. The molecule has 9 heteroatoms. The quantitative estimate of drug-likeness (QED) is 0.611. The third-order valence-corrected chi connectivity index (χ3v) is 4.06. The monoisotopic (exact) mass is 359 g/mol. The largest absolute Gasteiger partial charge is 0.416 e. The van der Waals surface area contributed by atoms with E-state index in [0.717, 1.165) is 12.1 Å². The standard InChI is InChI=1S/C16H20F3N3O3/c1-11(2)9-15(23)21-7-5-20(6-8-21)13-4-3-12(16(17,18)19)10-14(13)22(24)25/h3-4,10-11H,5-9H2,1-2H3. The van der Waals surface area contributed by atoms with Gasteiger partial charge in [0, 0.05) is 38.7 Å². The van der Waals surface area contributed by atoms with E-state index in [1.54, 1.807) is 9.80 Å². The van der Waals surface area contributed by atoms with E-state index in [2.05, 4.69) is 0 Å². The number of nitrogens with zero attached hydrogens (tertiary/aromatic N) is 3. The normalized spacial score (nSPS) is 15.6. The first kappa shape index (κ1) is 19.0. The van der Waals surface area contributed by atoms with Crippen molar-refractivity contribution in [1.82, 2.24) is 4.90 Å². The van der Waals surface area contributed by atoms with Gasteiger partial charge in [-0.15, -0.1) is 0 Å². The molecule has 0 radical (unpaired) electrons. The van der Waals surface area contributed by atoms with E-state index in [0.29, 0.717) is 38.7 Å². The molecule has 1 heterocycles. The maximum atomic E-state index is 12.8. The molecule has 1 fully saturated rings. The molecule has 1 aromatic carbocycles. The van der Waals surface area contributed by atoms with Crippen molar-refractivity contribution in [3.63, 3.8) is 0 Å². The molecule has 0 aliphatic carbocycles. The van der Waals surface area contributed by atoms with Crippen molar-refractivity contribution in [2.75, 3.05) is 31.1 Å². The third kappa shape index (κ3) is 4.61. The highest BCUT2D eigenvalue weighted by Crippen LogP contribution is 2.36. The van der Waals surface area contributed by atoms with E-state index in [1.807, 2.05) is 13.8 Å². The second-order valence-electron chi connectivity index (χ2n) is 6.42. The summed E-state index contributed by atoms with van der Waals surface area (Å²) in [7, 11) is 0. The summed E-state index contributed by atoms with van der Waals surface area (Å²) < 4.78 is 38.3. The van der Waals surface area contributed by atoms with Crippen molar-refractivity contribution < 1.29 is 22.9 Å². The molecule has 1 aliphatic heterocycles. The molecule has 0 N–H and O–H groups in total. The number of piperazine rings is 1. The van der Waals surface area contributed by atoms with Gasteiger partial charge in [-0.1, -0.05) is 13.8 Å². The summed E-state index contributed by atoms with van der Waals surface area (Å²) in [6.07, 6.45) is -4.20. The van der Waals surface area contributed by atoms with Crippen LogP contribution < -0.4 is 4.90 Å². The van der Waals surface area contributed by atoms with Gasteiger partial charge in [-0.25, -0.2) is 0 Å². The first-order valence-corrected chi connectivity index (χ1v) is 7.98. The van der Waals surface area contributed by atoms with Crippen LogP contribution in [0.4, 0.5) is 24.5 Å². The molecule has 0 aromatic heterocycles. The molecule has 1 aliphatic rings. The first-order valence-electron chi connectivity index (χ1n) is 7.98. The Kier molecular flexibility index (Phi) is 5.54. The average molecular weight is 359 g/mol. The molecule has 25 heavy (non-hydrogen) atoms. The lowest BCUT2D eigenvalue weighted by Gasteiger charge is -2.36. The Labute approximate surface area is 143 Å². The van der Waals surface area contributed by atoms with Crippen LogP contribution in [-0.2, 0) is 11.0 Å². The van der Waals surface area contributed by atoms with Crippen LogP contribution in [0.25, 0.3) is 0 Å². The number of anilines is 1. The number of nitro groups is 1. The molecule has 2 rings (SSSR count). The smallest absolute Gasteiger partial charge is 0.362 e. The topological polar surface area (TPSA) is 66.7 Å². The van der Waals surface area contributed by atoms with E-state index >= 15 is 0 Å². The van der Waals surface area contributed by atoms with Crippen LogP contribution in [0.1, 0.15) is 25.8 Å². The van der Waals surface area contributed by atoms with Gasteiger partial charge < -0.3 is 9.80 Å². The van der Waals surface area contributed by atoms with Crippen LogP contribution in [0.15, 0.2) is 18.2 Å². The van der Waals surface area contributed by atoms with E-state index in [1.165, 1.54) is 0 Å². The van der Waals surface area contributed by atoms with Gasteiger partial charge in [0.2, 0.25) is 5.91 Å². The molecular weight excluding hydrogens is 339 g/mol. The Morgan fingerprint density at radius 2 is 1.84 bits per heavy atom. The predicted octanol–water partition coefficient (Wildman–Crippen LogP) is 3.31. The van der Waals surface area contributed by atoms with E-state index < -0.39 is 22.4 Å². The Bertz CT molecular complexity index is 654. The van der Waals surface area contributed by atoms with Crippen molar-refractivity contribution in [3.8, 4) is 0 Å². The molecule has 0 bridgehead atoms. The van der Waals surface area contributed by atoms with Gasteiger partial charge in [0.25, 0.3) is 5.69 Å². The fourth-order valence-corrected chi connectivity index (χ4v) is 2.79. The number of carbonyl (C=O) groups excluding carboxylic acids is 1. The highest BCUT2D eigenvalue weighted by Gasteiger charge is 2.34. The van der Waals surface area contributed by atoms with Crippen molar-refractivity contribution in [2.45, 2.75) is 26.4 Å². The summed E-state index contributed by atoms with van der Waals surface area (Å²) in [6.45, 7) is 5.36. The zero-order valence-corrected chi connectivity index (χ0v) is 14.0. The van der Waals surface area contributed by atoms with Crippen LogP contribution in [0.2, 0.25) is 0 Å². The fraction of sp³-hybridized carbons (Fsp3) is 0.562. The SMILES string of the molecule is CC(C)CC(=O)N1CCN(c2ccc(C(F)(F)F)cc2[N+](=O)[O-])CC1. The second-order valence-corrected chi connectivity index (χ2v) is 6.42. The van der Waals surface area contributed by atoms with E-state index in [9.17, 15) is 28.1 Å². The highest BCUT2D eigenvalue weighted by atomic mass is 19.4. The number of halogens is 3. The maximum absolute atomic E-state index is 12.8. The molecule has 0 unspecified atom stereocenters. The molecule has 1 amide bonds. The molecule has 6 nitrogen and oxygen atoms in total. The van der Waals surface area contributed by atoms with Crippen LogP contribution in [0.3, 0.4) is 0 Å². The lowest BCUT2D eigenvalue weighted by Crippen LogP contribution is -2.49. The van der Waals surface area contributed by atoms with Gasteiger partial charge >= 0.3 is 6.18 Å². The van der Waals surface area contributed by atoms with E-state index in [-0.39, 0.29) is 17.5 Å². The number of hydrogen-bond acceptors (Lipinski definition) is 4. The second kappa shape index (κ2) is 7.28. The Morgan fingerprint density at radius 3 is 2.32 bits per heavy atom. The maximum Gasteiger partial charge on any atom is 0.416 e. The molecule has 138 valence electrons. The van der Waals surface area contributed by atoms with Crippen molar-refractivity contribution in [3.05, 3.63) is 33.9 Å². The minimum atomic E-state index is -4.63. The van der Waals surface area contributed by atoms with Gasteiger partial charge in [0.05, 0.1) is 10.5 Å². The molecular formula is C16H20F3N3O3. The minimum Gasteiger partial charge on any atom is -0.362 e. The predicted molar refractivity (Wildman–Crippen MR) is 86.3 cm³/mol. The highest BCUT2D eigenvalue weighted by molar-refractivity contribution is 5.77. The molecule has 0 saturated carbocycles. The van der Waals surface area contributed by atoms with Crippen LogP contribution in [0, 0.1) is 16.0 Å². The summed E-state index contributed by atoms with van der Waals surface area (Å²) in [5, 5.41) is 11.2. The lowest BCUT2D eigenvalue weighted by molar-refractivity contribution is -0.384. The lowest BCUT2D eigenvalue weighted by atomic mass is 10.1. The summed E-state index contributed by atoms with van der Waals surface area (Å²) in [5.74, 6) is 0.262. The summed E-state index contributed by atoms with van der Waals surface area (Å²) in [4.78, 5) is 25.8. The summed E-state index contributed by atoms with van der Waals surface area (Å²) in [5.41, 5.74) is -1.47. The summed E-state index contributed by atoms with van der Waals surface area (Å²) in [6, 6.07) is 2.54. The van der Waals surface area contributed by atoms with Gasteiger partial charge in [-0.05, 0) is 18.1 Å². The zero-order valence-electron chi connectivity index (χ0n) is 14.0. The fourth-order valence-electron chi connectivity index (χ4n) is 2.79. The van der Waals surface area contributed by atoms with Crippen LogP contribution >= 0.6 is 0 Å². The van der Waals surface area contributed by atoms with Crippen molar-refractivity contribution in [2.24, 2.45) is 5.92 Å². The number of nitro benzene ring substituents is 1. The van der Waals surface area contributed by atoms with Gasteiger partial charge in [-0.2, -0.15) is 13.2 Å². The minimum absolute atomic E-state index is 0.0246. The number of benzene rings is 1. The van der Waals surface area contributed by atoms with Gasteiger partial charge in [0.15, 0.2) is 0 Å². The molecule has 1 saturated heterocycles. The zero-order chi connectivity index (χ0) is 18.8. The number of carbonyl (C=O) groups is 1. The number of alkyl halides is 3. The third-order valence-electron chi connectivity index (χ3n) is 4.06. The molecule has 0 spiro atoms. The van der Waals surface area contributed by atoms with Gasteiger partial charge in [0.1, 0.15) is 5.69 Å². The van der Waals surface area contributed by atoms with Crippen molar-refractivity contribution in [1.29, 1.82) is 0 Å². The van der Waals surface area contributed by atoms with Crippen LogP contribution in [0.5, 0.6) is 0 Å². The molecule has 0 atom stereocenters. The van der Waals surface area contributed by atoms with Crippen molar-refractivity contribution >= 4 is 17.3 Å². The Morgan fingerprint density at radius 1 is 1.24 bits per heavy atom.